The molecule has 4 heterocycles. The molecule has 0 atom stereocenters. The van der Waals surface area contributed by atoms with Crippen LogP contribution in [0.15, 0.2) is 0 Å². The average Bonchev–Trinajstić information content (AvgIpc) is 3.44. The fourth-order valence-electron chi connectivity index (χ4n) is 5.44. The average molecular weight is 1750 g/mol. The Kier molecular flexibility index (Phi) is 325. The van der Waals surface area contributed by atoms with Crippen molar-refractivity contribution in [2.75, 3.05) is 242 Å². The van der Waals surface area contributed by atoms with Gasteiger partial charge in [-0.1, -0.05) is 0 Å². The van der Waals surface area contributed by atoms with E-state index in [1.54, 1.807) is 30.3 Å². The van der Waals surface area contributed by atoms with Crippen LogP contribution in [-0.4, -0.2) is 300 Å². The van der Waals surface area contributed by atoms with Crippen LogP contribution in [0.2, 0.25) is 0 Å². The second kappa shape index (κ2) is 148. The van der Waals surface area contributed by atoms with Gasteiger partial charge in [0.2, 0.25) is 0 Å². The van der Waals surface area contributed by atoms with Gasteiger partial charge in [0.25, 0.3) is 0 Å². The Morgan fingerprint density at radius 2 is 0.184 bits per heavy atom. The monoisotopic (exact) mass is 1760 g/mol. The Bertz CT molecular complexity index is 945. The van der Waals surface area contributed by atoms with Gasteiger partial charge in [-0.15, -0.1) is 0 Å². The Morgan fingerprint density at radius 1 is 0.161 bits per heavy atom. The quantitative estimate of drug-likeness (QED) is 0.286. The predicted molar refractivity (Wildman–Crippen MR) is 277 cm³/mol. The maximum absolute atomic E-state index is 7.32. The van der Waals surface area contributed by atoms with E-state index in [0.29, 0.717) is 0 Å². The molecule has 0 amide bonds. The van der Waals surface area contributed by atoms with Crippen molar-refractivity contribution >= 4 is 0 Å². The van der Waals surface area contributed by atoms with E-state index < -0.39 is 0 Å². The van der Waals surface area contributed by atoms with Crippen molar-refractivity contribution in [1.29, 1.82) is 26.3 Å². The molecule has 0 spiro atoms. The van der Waals surface area contributed by atoms with Crippen molar-refractivity contribution in [1.82, 2.24) is 58.8 Å². The van der Waals surface area contributed by atoms with Crippen molar-refractivity contribution in [3.63, 3.8) is 0 Å². The molecule has 528 valence electrons. The zero-order valence-electron chi connectivity index (χ0n) is 53.7. The first-order valence-electron chi connectivity index (χ1n) is 22.6. The maximum atomic E-state index is 7.32. The fourth-order valence-corrected chi connectivity index (χ4v) is 5.44. The smallest absolute Gasteiger partial charge is 2.00 e. The van der Waals surface area contributed by atoms with E-state index in [-0.39, 0.29) is 240 Å². The molecule has 0 radical (unpaired) electrons. The first-order valence-corrected chi connectivity index (χ1v) is 22.6. The zero-order valence-corrected chi connectivity index (χ0v) is 66.1. The summed E-state index contributed by atoms with van der Waals surface area (Å²) in [4.78, 5) is 28.8. The molecule has 4 rings (SSSR count). The summed E-state index contributed by atoms with van der Waals surface area (Å²) in [5.41, 5.74) is 0. The van der Waals surface area contributed by atoms with Crippen LogP contribution in [0.1, 0.15) is 34.6 Å². The summed E-state index contributed by atoms with van der Waals surface area (Å²) in [7, 11) is 26.4. The third-order valence-corrected chi connectivity index (χ3v) is 10.4. The molecule has 0 aromatic carbocycles. The number of hydrogen-bond donors (Lipinski definition) is 0. The van der Waals surface area contributed by atoms with E-state index in [1.807, 2.05) is 0 Å². The van der Waals surface area contributed by atoms with Gasteiger partial charge in [-0.05, 0) is 84.6 Å². The van der Waals surface area contributed by atoms with Crippen LogP contribution in [0.25, 0.3) is 0 Å². The molecule has 4 aliphatic heterocycles. The van der Waals surface area contributed by atoms with E-state index in [4.69, 9.17) is 26.3 Å². The van der Waals surface area contributed by atoms with Crippen molar-refractivity contribution in [3.8, 4) is 30.3 Å². The minimum atomic E-state index is 0. The molecule has 41 heteroatoms. The summed E-state index contributed by atoms with van der Waals surface area (Å²) in [5, 5.41) is 36.6. The van der Waals surface area contributed by atoms with E-state index in [9.17, 15) is 0 Å². The van der Waals surface area contributed by atoms with Gasteiger partial charge in [0.1, 0.15) is 0 Å². The Morgan fingerprint density at radius 3 is 0.207 bits per heavy atom. The van der Waals surface area contributed by atoms with Crippen LogP contribution < -0.4 is 0 Å². The zero-order chi connectivity index (χ0) is 49.4. The van der Waals surface area contributed by atoms with Crippen LogP contribution >= 0.6 is 0 Å². The van der Waals surface area contributed by atoms with Gasteiger partial charge in [-0.25, -0.2) is 0 Å². The summed E-state index contributed by atoms with van der Waals surface area (Å²) >= 11 is 0. The summed E-state index contributed by atoms with van der Waals surface area (Å²) in [5.74, 6) is 0. The van der Waals surface area contributed by atoms with E-state index in [1.165, 1.54) is 192 Å². The van der Waals surface area contributed by atoms with Gasteiger partial charge in [0, 0.05) is 276 Å². The Labute approximate surface area is 626 Å². The van der Waals surface area contributed by atoms with Crippen molar-refractivity contribution < 1.29 is 240 Å². The number of nitrogens with zero attached hydrogens (tertiary/aromatic N) is 17. The minimum absolute atomic E-state index is 0. The molecule has 0 aromatic heterocycles. The van der Waals surface area contributed by atoms with Crippen molar-refractivity contribution in [2.45, 2.75) is 34.6 Å². The maximum Gasteiger partial charge on any atom is 6.00 e. The van der Waals surface area contributed by atoms with Gasteiger partial charge in [0.15, 0.2) is 0 Å². The summed E-state index contributed by atoms with van der Waals surface area (Å²) in [6.45, 7) is 35.9. The molecule has 0 aliphatic carbocycles. The fraction of sp³-hybridized carbons (Fsp3) is 0.891. The molecule has 4 aliphatic rings. The van der Waals surface area contributed by atoms with Crippen LogP contribution in [0.5, 0.6) is 0 Å². The van der Waals surface area contributed by atoms with Crippen LogP contribution in [0.4, 0.5) is 0 Å². The third-order valence-electron chi connectivity index (χ3n) is 10.4. The first kappa shape index (κ1) is 191. The summed E-state index contributed by atoms with van der Waals surface area (Å²) in [6.07, 6.45) is 0. The Balaban J connectivity index is -0.0000000163. The molecule has 0 unspecified atom stereocenters. The SMILES string of the molecule is CC#N.CC#N.CC#N.CC#N.CC#N.CN1CCN(C)CCN(C)CC1.CN1CCN(C)CCN(C)CC1.CN1CCN(C)CCN(C)CC1.CN1CCN(C)CCN(C)CC1.[Fe+6].[Fe+6].[Fe+6].[Fe+6].[Mo].[Mo].[Mo].[Mo].[O-2].[O-2].[O-2].[O-2].[O-2].[O-2].[O-2].[O-2].[O-2].[O-2].[O-2].[O-2].[O-2].[O-2].[O-2].[O-2]. The van der Waals surface area contributed by atoms with E-state index in [0.717, 1.165) is 0 Å². The van der Waals surface area contributed by atoms with Crippen LogP contribution in [0.3, 0.4) is 0 Å². The van der Waals surface area contributed by atoms with E-state index in [2.05, 4.69) is 143 Å². The molecule has 0 saturated carbocycles. The Hall–Kier alpha value is 1.16. The van der Waals surface area contributed by atoms with Crippen molar-refractivity contribution in [3.05, 3.63) is 0 Å². The third kappa shape index (κ3) is 169. The van der Waals surface area contributed by atoms with Crippen LogP contribution in [-0.2, 0) is 240 Å². The van der Waals surface area contributed by atoms with Gasteiger partial charge in [-0.3, -0.25) is 0 Å². The molecule has 87 heavy (non-hydrogen) atoms. The van der Waals surface area contributed by atoms with Crippen molar-refractivity contribution in [2.24, 2.45) is 0 Å². The predicted octanol–water partition coefficient (Wildman–Crippen LogP) is -0.0898. The molecular formula is C46H99Fe4Mo4N17O16-8. The van der Waals surface area contributed by atoms with E-state index >= 15 is 0 Å². The van der Waals surface area contributed by atoms with Crippen LogP contribution in [0, 0.1) is 56.7 Å². The largest absolute Gasteiger partial charge is 6.00 e. The van der Waals surface area contributed by atoms with Gasteiger partial charge in [0.05, 0.1) is 30.3 Å². The molecule has 0 N–H and O–H groups in total. The second-order valence-electron chi connectivity index (χ2n) is 16.8. The number of rotatable bonds is 0. The second-order valence-corrected chi connectivity index (χ2v) is 16.8. The summed E-state index contributed by atoms with van der Waals surface area (Å²) < 4.78 is 0. The molecule has 4 fully saturated rings. The topological polar surface area (TPSA) is 614 Å². The molecule has 4 saturated heterocycles. The van der Waals surface area contributed by atoms with Gasteiger partial charge < -0.3 is 146 Å². The molecule has 0 bridgehead atoms. The number of nitriles is 5. The van der Waals surface area contributed by atoms with Gasteiger partial charge >= 0.3 is 68.3 Å². The number of likely N-dealkylation sites (N-methyl/N-ethyl adjacent to an activating group) is 12. The van der Waals surface area contributed by atoms with Gasteiger partial charge in [-0.2, -0.15) is 26.3 Å². The molecular weight excluding hydrogens is 1650 g/mol. The normalized spacial score (nSPS) is 14.9. The molecule has 0 aromatic rings. The summed E-state index contributed by atoms with van der Waals surface area (Å²) in [6, 6.07) is 8.75. The first-order chi connectivity index (χ1) is 29.8. The standard InChI is InChI=1S/4C9H21N3.5C2H3N.4Fe.4Mo.16O/c4*1-10-4-6-11(2)8-9-12(3)7-5-10;5*1-2-3;;;;;;;;;;;;;;;;;;;;;;;;/h4*4-9H2,1-3H3;5*1H3;;;;;;;;;;;;;;;;;;;;;;;;/q;;;;;;;;;4*+6;;;;;16*-2. The number of hydrogen-bond acceptors (Lipinski definition) is 17. The molecule has 33 nitrogen and oxygen atoms in total. The minimum Gasteiger partial charge on any atom is -2.00 e.